The van der Waals surface area contributed by atoms with Gasteiger partial charge in [0.15, 0.2) is 0 Å². The fourth-order valence-electron chi connectivity index (χ4n) is 3.90. The van der Waals surface area contributed by atoms with E-state index >= 15 is 0 Å². The lowest BCUT2D eigenvalue weighted by atomic mass is 10.0. The van der Waals surface area contributed by atoms with Crippen LogP contribution < -0.4 is 16.1 Å². The van der Waals surface area contributed by atoms with E-state index in [1.54, 1.807) is 4.90 Å². The molecule has 0 aliphatic carbocycles. The molecular formula is C19H18N4O3. The van der Waals surface area contributed by atoms with Crippen molar-refractivity contribution in [1.29, 1.82) is 5.26 Å². The van der Waals surface area contributed by atoms with Gasteiger partial charge in [0.2, 0.25) is 5.91 Å². The number of aryl methyl sites for hydroxylation is 1. The third-order valence-corrected chi connectivity index (χ3v) is 5.15. The normalized spacial score (nSPS) is 15.3. The number of carbonyl (C=O) groups is 1. The third kappa shape index (κ3) is 2.46. The molecule has 1 aromatic carbocycles. The Bertz CT molecular complexity index is 1060. The van der Waals surface area contributed by atoms with Crippen LogP contribution in [0.4, 0.5) is 5.69 Å². The summed E-state index contributed by atoms with van der Waals surface area (Å²) in [7, 11) is 0. The highest BCUT2D eigenvalue weighted by molar-refractivity contribution is 5.94. The van der Waals surface area contributed by atoms with Gasteiger partial charge in [0.05, 0.1) is 0 Å². The molecular weight excluding hydrogens is 332 g/mol. The second kappa shape index (κ2) is 6.30. The van der Waals surface area contributed by atoms with Crippen LogP contribution in [0.15, 0.2) is 33.9 Å². The van der Waals surface area contributed by atoms with Gasteiger partial charge in [-0.3, -0.25) is 14.2 Å². The summed E-state index contributed by atoms with van der Waals surface area (Å²) in [6, 6.07) is 9.58. The molecule has 3 heterocycles. The van der Waals surface area contributed by atoms with Gasteiger partial charge in [-0.15, -0.1) is 0 Å². The van der Waals surface area contributed by atoms with Crippen LogP contribution in [0.5, 0.6) is 0 Å². The molecule has 26 heavy (non-hydrogen) atoms. The van der Waals surface area contributed by atoms with Crippen LogP contribution in [0.3, 0.4) is 0 Å². The van der Waals surface area contributed by atoms with Crippen molar-refractivity contribution in [2.45, 2.75) is 38.8 Å². The second-order valence-electron chi connectivity index (χ2n) is 6.64. The van der Waals surface area contributed by atoms with Crippen molar-refractivity contribution >= 4 is 11.6 Å². The molecule has 0 radical (unpaired) electrons. The van der Waals surface area contributed by atoms with Gasteiger partial charge < -0.3 is 4.90 Å². The maximum absolute atomic E-state index is 12.9. The van der Waals surface area contributed by atoms with Gasteiger partial charge in [-0.1, -0.05) is 18.2 Å². The Morgan fingerprint density at radius 2 is 1.88 bits per heavy atom. The largest absolute Gasteiger partial charge is 0.331 e. The third-order valence-electron chi connectivity index (χ3n) is 5.15. The van der Waals surface area contributed by atoms with E-state index in [-0.39, 0.29) is 18.0 Å². The summed E-state index contributed by atoms with van der Waals surface area (Å²) in [6.45, 7) is 0.687. The average molecular weight is 350 g/mol. The van der Waals surface area contributed by atoms with E-state index in [9.17, 15) is 19.6 Å². The number of hydrogen-bond acceptors (Lipinski definition) is 4. The molecule has 0 saturated heterocycles. The average Bonchev–Trinajstić information content (AvgIpc) is 3.14. The summed E-state index contributed by atoms with van der Waals surface area (Å²) < 4.78 is 2.37. The standard InChI is InChI=1S/C19H18N4O3/c20-11-14-16-8-4-10-22(16)19(26)23(18(14)25)12-17(24)21-9-3-6-13-5-1-2-7-15(13)21/h1-2,5,7H,3-4,6,8-10,12H2. The molecule has 4 rings (SSSR count). The van der Waals surface area contributed by atoms with Crippen LogP contribution in [0, 0.1) is 11.3 Å². The number of benzene rings is 1. The minimum atomic E-state index is -0.663. The van der Waals surface area contributed by atoms with Gasteiger partial charge in [-0.05, 0) is 37.3 Å². The first-order valence-electron chi connectivity index (χ1n) is 8.76. The van der Waals surface area contributed by atoms with E-state index in [4.69, 9.17) is 0 Å². The maximum atomic E-state index is 12.9. The second-order valence-corrected chi connectivity index (χ2v) is 6.64. The van der Waals surface area contributed by atoms with Gasteiger partial charge >= 0.3 is 5.69 Å². The van der Waals surface area contributed by atoms with Gasteiger partial charge in [0.25, 0.3) is 5.56 Å². The number of fused-ring (bicyclic) bond motifs is 2. The molecule has 2 aliphatic heterocycles. The zero-order chi connectivity index (χ0) is 18.3. The van der Waals surface area contributed by atoms with E-state index in [0.29, 0.717) is 25.2 Å². The topological polar surface area (TPSA) is 88.1 Å². The monoisotopic (exact) mass is 350 g/mol. The maximum Gasteiger partial charge on any atom is 0.331 e. The number of amides is 1. The first kappa shape index (κ1) is 16.3. The van der Waals surface area contributed by atoms with Gasteiger partial charge in [0, 0.05) is 24.5 Å². The summed E-state index contributed by atoms with van der Waals surface area (Å²) in [4.78, 5) is 39.8. The molecule has 132 valence electrons. The first-order valence-corrected chi connectivity index (χ1v) is 8.76. The van der Waals surface area contributed by atoms with Crippen molar-refractivity contribution in [3.8, 4) is 6.07 Å². The zero-order valence-electron chi connectivity index (χ0n) is 14.3. The lowest BCUT2D eigenvalue weighted by Gasteiger charge is -2.29. The number of para-hydroxylation sites is 1. The Morgan fingerprint density at radius 3 is 2.69 bits per heavy atom. The molecule has 0 saturated carbocycles. The van der Waals surface area contributed by atoms with Crippen LogP contribution >= 0.6 is 0 Å². The summed E-state index contributed by atoms with van der Waals surface area (Å²) in [5.74, 6) is -0.307. The van der Waals surface area contributed by atoms with Crippen LogP contribution in [-0.4, -0.2) is 21.6 Å². The highest BCUT2D eigenvalue weighted by atomic mass is 16.2. The number of nitriles is 1. The summed E-state index contributed by atoms with van der Waals surface area (Å²) in [6.07, 6.45) is 3.01. The van der Waals surface area contributed by atoms with Crippen LogP contribution in [0.1, 0.15) is 29.7 Å². The number of nitrogens with zero attached hydrogens (tertiary/aromatic N) is 4. The van der Waals surface area contributed by atoms with E-state index in [1.165, 1.54) is 4.57 Å². The van der Waals surface area contributed by atoms with Crippen molar-refractivity contribution in [3.05, 3.63) is 61.9 Å². The van der Waals surface area contributed by atoms with Gasteiger partial charge in [0.1, 0.15) is 18.2 Å². The molecule has 0 unspecified atom stereocenters. The summed E-state index contributed by atoms with van der Waals surface area (Å²) in [5.41, 5.74) is 1.23. The smallest absolute Gasteiger partial charge is 0.311 e. The zero-order valence-corrected chi connectivity index (χ0v) is 14.3. The summed E-state index contributed by atoms with van der Waals surface area (Å²) >= 11 is 0. The molecule has 7 nitrogen and oxygen atoms in total. The van der Waals surface area contributed by atoms with Crippen molar-refractivity contribution in [3.63, 3.8) is 0 Å². The molecule has 7 heteroatoms. The van der Waals surface area contributed by atoms with E-state index in [2.05, 4.69) is 0 Å². The fraction of sp³-hybridized carbons (Fsp3) is 0.368. The van der Waals surface area contributed by atoms with E-state index < -0.39 is 11.2 Å². The molecule has 0 spiro atoms. The Morgan fingerprint density at radius 1 is 1.12 bits per heavy atom. The fourth-order valence-corrected chi connectivity index (χ4v) is 3.90. The SMILES string of the molecule is N#Cc1c2n(c(=O)n(CC(=O)N3CCCc4ccccc43)c1=O)CCC2. The molecule has 2 aliphatic rings. The Hall–Kier alpha value is -3.14. The predicted molar refractivity (Wildman–Crippen MR) is 95.1 cm³/mol. The molecule has 1 amide bonds. The van der Waals surface area contributed by atoms with Crippen LogP contribution in [-0.2, 0) is 30.7 Å². The van der Waals surface area contributed by atoms with Crippen molar-refractivity contribution in [1.82, 2.24) is 9.13 Å². The van der Waals surface area contributed by atoms with Crippen molar-refractivity contribution in [2.24, 2.45) is 0 Å². The number of hydrogen-bond donors (Lipinski definition) is 0. The van der Waals surface area contributed by atoms with Crippen molar-refractivity contribution in [2.75, 3.05) is 11.4 Å². The Kier molecular flexibility index (Phi) is 3.96. The lowest BCUT2D eigenvalue weighted by Crippen LogP contribution is -2.47. The first-order chi connectivity index (χ1) is 12.6. The number of rotatable bonds is 2. The Labute approximate surface area is 149 Å². The number of carbonyl (C=O) groups excluding carboxylic acids is 1. The molecule has 0 fully saturated rings. The van der Waals surface area contributed by atoms with Gasteiger partial charge in [-0.25, -0.2) is 9.36 Å². The van der Waals surface area contributed by atoms with E-state index in [0.717, 1.165) is 35.1 Å². The van der Waals surface area contributed by atoms with Gasteiger partial charge in [-0.2, -0.15) is 5.26 Å². The van der Waals surface area contributed by atoms with E-state index in [1.807, 2.05) is 30.3 Å². The number of anilines is 1. The summed E-state index contributed by atoms with van der Waals surface area (Å²) in [5, 5.41) is 9.34. The van der Waals surface area contributed by atoms with Crippen LogP contribution in [0.25, 0.3) is 0 Å². The molecule has 0 bridgehead atoms. The highest BCUT2D eigenvalue weighted by Gasteiger charge is 2.26. The van der Waals surface area contributed by atoms with Crippen molar-refractivity contribution < 1.29 is 4.79 Å². The highest BCUT2D eigenvalue weighted by Crippen LogP contribution is 2.26. The molecule has 0 atom stereocenters. The molecule has 1 aromatic heterocycles. The molecule has 2 aromatic rings. The minimum Gasteiger partial charge on any atom is -0.311 e. The van der Waals surface area contributed by atoms with Crippen LogP contribution in [0.2, 0.25) is 0 Å². The lowest BCUT2D eigenvalue weighted by molar-refractivity contribution is -0.119. The predicted octanol–water partition coefficient (Wildman–Crippen LogP) is 0.807. The number of aromatic nitrogens is 2. The molecule has 0 N–H and O–H groups in total. The Balaban J connectivity index is 1.74. The minimum absolute atomic E-state index is 0.0195. The quantitative estimate of drug-likeness (QED) is 0.802.